The van der Waals surface area contributed by atoms with Gasteiger partial charge in [-0.15, -0.1) is 11.8 Å². The molecule has 0 radical (unpaired) electrons. The molecule has 8 aromatic rings. The van der Waals surface area contributed by atoms with Crippen molar-refractivity contribution in [3.63, 3.8) is 0 Å². The number of allylic oxidation sites excluding steroid dienone is 3. The number of rotatable bonds is 6. The van der Waals surface area contributed by atoms with Crippen molar-refractivity contribution in [3.8, 4) is 16.8 Å². The molecule has 2 heterocycles. The predicted octanol–water partition coefficient (Wildman–Crippen LogP) is 14.7. The fourth-order valence-corrected chi connectivity index (χ4v) is 9.05. The molecule has 0 spiro atoms. The van der Waals surface area contributed by atoms with E-state index in [1.165, 1.54) is 71.4 Å². The molecule has 9 rings (SSSR count). The first kappa shape index (κ1) is 33.9. The monoisotopic (exact) mass is 695 g/mol. The lowest BCUT2D eigenvalue weighted by atomic mass is 9.86. The summed E-state index contributed by atoms with van der Waals surface area (Å²) in [6.07, 6.45) is 5.85. The number of hydrogen-bond acceptors (Lipinski definition) is 2. The van der Waals surface area contributed by atoms with Crippen LogP contribution in [0.3, 0.4) is 0 Å². The van der Waals surface area contributed by atoms with Crippen LogP contribution in [-0.4, -0.2) is 9.82 Å². The first-order chi connectivity index (χ1) is 25.4. The largest absolute Gasteiger partial charge is 0.456 e. The average molecular weight is 696 g/mol. The Bertz CT molecular complexity index is 2660. The van der Waals surface area contributed by atoms with Gasteiger partial charge in [-0.05, 0) is 114 Å². The van der Waals surface area contributed by atoms with Gasteiger partial charge in [-0.1, -0.05) is 118 Å². The van der Waals surface area contributed by atoms with E-state index in [2.05, 4.69) is 160 Å². The average Bonchev–Trinajstić information content (AvgIpc) is 3.71. The number of para-hydroxylation sites is 2. The van der Waals surface area contributed by atoms with Gasteiger partial charge in [-0.3, -0.25) is 0 Å². The lowest BCUT2D eigenvalue weighted by Gasteiger charge is -2.24. The van der Waals surface area contributed by atoms with E-state index in [0.717, 1.165) is 28.4 Å². The number of fused-ring (bicyclic) bond motifs is 6. The molecule has 0 bridgehead atoms. The summed E-state index contributed by atoms with van der Waals surface area (Å²) < 4.78 is 8.57. The molecule has 0 saturated carbocycles. The standard InChI is InChI=1S/C47H39NOS.C2H6/c1-29(2)40-28-34(19-21-37(40)36-22-20-35(25-31(36)4)50-47-16-10-5-11-30(47)3)48-43-14-8-6-12-38(43)41-26-32(17-23-44(41)48)33-18-24-46-42(27-33)39-13-7-9-15-45(39)49-46;1-2/h5-24,26-29,35H,25H2,1-4H3;1-2H3. The van der Waals surface area contributed by atoms with Crippen LogP contribution >= 0.6 is 11.8 Å². The second-order valence-electron chi connectivity index (χ2n) is 14.0. The molecule has 1 unspecified atom stereocenters. The van der Waals surface area contributed by atoms with Crippen molar-refractivity contribution in [2.75, 3.05) is 0 Å². The van der Waals surface area contributed by atoms with Crippen molar-refractivity contribution in [1.29, 1.82) is 0 Å². The first-order valence-electron chi connectivity index (χ1n) is 18.6. The Morgan fingerprint density at radius 3 is 2.12 bits per heavy atom. The van der Waals surface area contributed by atoms with Gasteiger partial charge >= 0.3 is 0 Å². The highest BCUT2D eigenvalue weighted by molar-refractivity contribution is 8.00. The summed E-state index contributed by atoms with van der Waals surface area (Å²) in [6, 6.07) is 46.4. The van der Waals surface area contributed by atoms with E-state index in [9.17, 15) is 0 Å². The molecule has 52 heavy (non-hydrogen) atoms. The van der Waals surface area contributed by atoms with Crippen LogP contribution in [0, 0.1) is 6.92 Å². The Labute approximate surface area is 311 Å². The highest BCUT2D eigenvalue weighted by Gasteiger charge is 2.21. The SMILES string of the molecule is CC.CC1=C(c2ccc(-n3c4ccccc4c4cc(-c5ccc6oc7ccccc7c6c5)ccc43)cc2C(C)C)C=CC(Sc2ccccc2C)C1. The Hall–Kier alpha value is -5.25. The normalized spacial score (nSPS) is 14.6. The quantitative estimate of drug-likeness (QED) is 0.172. The molecule has 2 nitrogen and oxygen atoms in total. The van der Waals surface area contributed by atoms with Crippen LogP contribution in [0.1, 0.15) is 63.6 Å². The molecule has 0 N–H and O–H groups in total. The molecule has 1 aliphatic rings. The van der Waals surface area contributed by atoms with Gasteiger partial charge in [0, 0.05) is 37.4 Å². The number of nitrogens with zero attached hydrogens (tertiary/aromatic N) is 1. The molecule has 1 aliphatic carbocycles. The summed E-state index contributed by atoms with van der Waals surface area (Å²) in [6.45, 7) is 13.2. The van der Waals surface area contributed by atoms with Crippen LogP contribution in [0.2, 0.25) is 0 Å². The maximum absolute atomic E-state index is 6.12. The Morgan fingerprint density at radius 2 is 1.33 bits per heavy atom. The second kappa shape index (κ2) is 14.1. The Morgan fingerprint density at radius 1 is 0.654 bits per heavy atom. The van der Waals surface area contributed by atoms with Crippen molar-refractivity contribution in [1.82, 2.24) is 4.57 Å². The van der Waals surface area contributed by atoms with Gasteiger partial charge < -0.3 is 8.98 Å². The molecule has 0 fully saturated rings. The topological polar surface area (TPSA) is 18.1 Å². The molecule has 3 heteroatoms. The summed E-state index contributed by atoms with van der Waals surface area (Å²) in [5.41, 5.74) is 14.8. The summed E-state index contributed by atoms with van der Waals surface area (Å²) in [5, 5.41) is 5.28. The third kappa shape index (κ3) is 5.97. The van der Waals surface area contributed by atoms with Crippen LogP contribution in [0.5, 0.6) is 0 Å². The van der Waals surface area contributed by atoms with Crippen LogP contribution in [0.15, 0.2) is 154 Å². The third-order valence-electron chi connectivity index (χ3n) is 10.4. The maximum atomic E-state index is 6.12. The van der Waals surface area contributed by atoms with E-state index < -0.39 is 0 Å². The minimum absolute atomic E-state index is 0.381. The molecule has 0 aliphatic heterocycles. The zero-order valence-electron chi connectivity index (χ0n) is 30.9. The number of aromatic nitrogens is 1. The fourth-order valence-electron chi connectivity index (χ4n) is 7.83. The van der Waals surface area contributed by atoms with Gasteiger partial charge in [0.1, 0.15) is 11.2 Å². The Kier molecular flexibility index (Phi) is 9.15. The van der Waals surface area contributed by atoms with Crippen molar-refractivity contribution in [2.45, 2.75) is 64.0 Å². The minimum atomic E-state index is 0.381. The number of hydrogen-bond donors (Lipinski definition) is 0. The molecule has 0 amide bonds. The van der Waals surface area contributed by atoms with Gasteiger partial charge in [-0.25, -0.2) is 0 Å². The van der Waals surface area contributed by atoms with Crippen LogP contribution in [0.25, 0.3) is 66.1 Å². The first-order valence-corrected chi connectivity index (χ1v) is 19.5. The van der Waals surface area contributed by atoms with E-state index >= 15 is 0 Å². The molecule has 2 aromatic heterocycles. The predicted molar refractivity (Wildman–Crippen MR) is 226 cm³/mol. The van der Waals surface area contributed by atoms with Gasteiger partial charge in [0.15, 0.2) is 0 Å². The fraction of sp³-hybridized carbons (Fsp3) is 0.184. The van der Waals surface area contributed by atoms with Crippen molar-refractivity contribution in [3.05, 3.63) is 162 Å². The van der Waals surface area contributed by atoms with E-state index in [1.807, 2.05) is 37.7 Å². The maximum Gasteiger partial charge on any atom is 0.135 e. The molecule has 6 aromatic carbocycles. The summed E-state index contributed by atoms with van der Waals surface area (Å²) in [7, 11) is 0. The van der Waals surface area contributed by atoms with Gasteiger partial charge in [-0.2, -0.15) is 0 Å². The summed E-state index contributed by atoms with van der Waals surface area (Å²) in [4.78, 5) is 1.37. The highest BCUT2D eigenvalue weighted by Crippen LogP contribution is 2.41. The van der Waals surface area contributed by atoms with Crippen molar-refractivity contribution in [2.24, 2.45) is 0 Å². The minimum Gasteiger partial charge on any atom is -0.456 e. The van der Waals surface area contributed by atoms with Crippen LogP contribution < -0.4 is 0 Å². The summed E-state index contributed by atoms with van der Waals surface area (Å²) in [5.74, 6) is 0.381. The molecular weight excluding hydrogens is 651 g/mol. The van der Waals surface area contributed by atoms with Crippen molar-refractivity contribution >= 4 is 61.1 Å². The summed E-state index contributed by atoms with van der Waals surface area (Å²) >= 11 is 1.98. The molecule has 1 atom stereocenters. The lowest BCUT2D eigenvalue weighted by Crippen LogP contribution is -2.08. The number of thioether (sulfide) groups is 1. The van der Waals surface area contributed by atoms with Crippen LogP contribution in [-0.2, 0) is 0 Å². The van der Waals surface area contributed by atoms with Crippen LogP contribution in [0.4, 0.5) is 0 Å². The second-order valence-corrected chi connectivity index (χ2v) is 15.3. The molecular formula is C49H45NOS. The van der Waals surface area contributed by atoms with E-state index in [1.54, 1.807) is 0 Å². The van der Waals surface area contributed by atoms with Gasteiger partial charge in [0.25, 0.3) is 0 Å². The third-order valence-corrected chi connectivity index (χ3v) is 11.7. The van der Waals surface area contributed by atoms with Gasteiger partial charge in [0.05, 0.1) is 11.0 Å². The zero-order valence-corrected chi connectivity index (χ0v) is 31.7. The number of benzene rings is 6. The van der Waals surface area contributed by atoms with E-state index in [4.69, 9.17) is 4.42 Å². The van der Waals surface area contributed by atoms with Gasteiger partial charge in [0.2, 0.25) is 0 Å². The molecule has 0 saturated heterocycles. The van der Waals surface area contributed by atoms with E-state index in [0.29, 0.717) is 11.2 Å². The van der Waals surface area contributed by atoms with Crippen molar-refractivity contribution < 1.29 is 4.42 Å². The Balaban J connectivity index is 0.00000190. The smallest absolute Gasteiger partial charge is 0.135 e. The number of furan rings is 1. The lowest BCUT2D eigenvalue weighted by molar-refractivity contribution is 0.669. The zero-order chi connectivity index (χ0) is 35.9. The highest BCUT2D eigenvalue weighted by atomic mass is 32.2. The molecule has 258 valence electrons. The van der Waals surface area contributed by atoms with E-state index in [-0.39, 0.29) is 0 Å². The number of aryl methyl sites for hydroxylation is 1.